The van der Waals surface area contributed by atoms with Crippen LogP contribution in [0.15, 0.2) is 29.3 Å². The number of thiol groups is 1. The summed E-state index contributed by atoms with van der Waals surface area (Å²) in [7, 11) is 0. The van der Waals surface area contributed by atoms with Crippen LogP contribution in [0.5, 0.6) is 5.75 Å². The largest absolute Gasteiger partial charge is 0.508 e. The highest BCUT2D eigenvalue weighted by molar-refractivity contribution is 7.80. The number of aliphatic carboxylic acids is 1. The SMILES string of the molecule is NCCCCC(N)C(=O)NC(CCCN=C(N)N)C(=O)NC(Cc1ccc(O)cc1)C(=O)NC(CS)C(=O)O. The van der Waals surface area contributed by atoms with Gasteiger partial charge in [-0.1, -0.05) is 18.6 Å². The van der Waals surface area contributed by atoms with E-state index in [1.54, 1.807) is 12.1 Å². The van der Waals surface area contributed by atoms with Crippen molar-refractivity contribution in [3.05, 3.63) is 29.8 Å². The fourth-order valence-corrected chi connectivity index (χ4v) is 3.75. The predicted octanol–water partition coefficient (Wildman–Crippen LogP) is -2.09. The number of carbonyl (C=O) groups excluding carboxylic acids is 3. The van der Waals surface area contributed by atoms with Gasteiger partial charge in [-0.05, 0) is 49.9 Å². The lowest BCUT2D eigenvalue weighted by Gasteiger charge is -2.25. The molecule has 0 fully saturated rings. The van der Waals surface area contributed by atoms with Gasteiger partial charge in [0.1, 0.15) is 23.9 Å². The van der Waals surface area contributed by atoms with Gasteiger partial charge in [0.25, 0.3) is 0 Å². The lowest BCUT2D eigenvalue weighted by molar-refractivity contribution is -0.141. The van der Waals surface area contributed by atoms with E-state index in [4.69, 9.17) is 22.9 Å². The number of hydrogen-bond donors (Lipinski definition) is 10. The first kappa shape index (κ1) is 33.5. The first-order valence-electron chi connectivity index (χ1n) is 12.5. The van der Waals surface area contributed by atoms with E-state index >= 15 is 0 Å². The Morgan fingerprint density at radius 1 is 0.872 bits per heavy atom. The van der Waals surface area contributed by atoms with E-state index in [1.165, 1.54) is 12.1 Å². The Morgan fingerprint density at radius 3 is 2.03 bits per heavy atom. The minimum Gasteiger partial charge on any atom is -0.508 e. The maximum Gasteiger partial charge on any atom is 0.327 e. The van der Waals surface area contributed by atoms with Gasteiger partial charge in [0.2, 0.25) is 17.7 Å². The van der Waals surface area contributed by atoms with Crippen LogP contribution in [0.4, 0.5) is 0 Å². The second-order valence-electron chi connectivity index (χ2n) is 8.91. The minimum atomic E-state index is -1.29. The van der Waals surface area contributed by atoms with E-state index in [2.05, 4.69) is 33.6 Å². The molecule has 0 saturated heterocycles. The first-order chi connectivity index (χ1) is 18.5. The summed E-state index contributed by atoms with van der Waals surface area (Å²) in [6, 6.07) is 1.50. The molecule has 1 aromatic carbocycles. The number of unbranched alkanes of at least 4 members (excludes halogenated alkanes) is 1. The average Bonchev–Trinajstić information content (AvgIpc) is 2.89. The predicted molar refractivity (Wildman–Crippen MR) is 150 cm³/mol. The number of phenolic OH excluding ortho intramolecular Hbond substituents is 1. The van der Waals surface area contributed by atoms with Gasteiger partial charge in [-0.2, -0.15) is 12.6 Å². The van der Waals surface area contributed by atoms with Crippen molar-refractivity contribution in [2.45, 2.75) is 62.7 Å². The van der Waals surface area contributed by atoms with E-state index in [1.807, 2.05) is 0 Å². The third kappa shape index (κ3) is 13.2. The molecule has 39 heavy (non-hydrogen) atoms. The number of nitrogens with one attached hydrogen (secondary N) is 3. The maximum atomic E-state index is 13.3. The molecule has 15 heteroatoms. The number of nitrogens with two attached hydrogens (primary N) is 4. The van der Waals surface area contributed by atoms with Crippen LogP contribution >= 0.6 is 12.6 Å². The molecule has 14 nitrogen and oxygen atoms in total. The molecule has 13 N–H and O–H groups in total. The van der Waals surface area contributed by atoms with Crippen LogP contribution in [0.3, 0.4) is 0 Å². The number of rotatable bonds is 18. The molecular weight excluding hydrogens is 528 g/mol. The molecule has 4 unspecified atom stereocenters. The lowest BCUT2D eigenvalue weighted by atomic mass is 10.0. The van der Waals surface area contributed by atoms with Gasteiger partial charge in [0.15, 0.2) is 5.96 Å². The number of benzene rings is 1. The number of hydrogen-bond acceptors (Lipinski definition) is 9. The number of aliphatic imine (C=N–C) groups is 1. The average molecular weight is 569 g/mol. The van der Waals surface area contributed by atoms with Crippen molar-refractivity contribution in [1.29, 1.82) is 0 Å². The van der Waals surface area contributed by atoms with Crippen LogP contribution in [0, 0.1) is 0 Å². The Balaban J connectivity index is 3.11. The quantitative estimate of drug-likeness (QED) is 0.0399. The molecule has 0 heterocycles. The van der Waals surface area contributed by atoms with Gasteiger partial charge in [-0.3, -0.25) is 19.4 Å². The monoisotopic (exact) mass is 568 g/mol. The summed E-state index contributed by atoms with van der Waals surface area (Å²) in [5, 5.41) is 26.5. The van der Waals surface area contributed by atoms with Gasteiger partial charge >= 0.3 is 5.97 Å². The molecule has 0 aliphatic heterocycles. The van der Waals surface area contributed by atoms with E-state index in [0.717, 1.165) is 0 Å². The molecule has 0 saturated carbocycles. The molecule has 0 bridgehead atoms. The van der Waals surface area contributed by atoms with E-state index in [-0.39, 0.29) is 36.8 Å². The van der Waals surface area contributed by atoms with Crippen LogP contribution in [-0.2, 0) is 25.6 Å². The molecule has 218 valence electrons. The Kier molecular flexibility index (Phi) is 15.3. The summed E-state index contributed by atoms with van der Waals surface area (Å²) in [6.45, 7) is 0.662. The highest BCUT2D eigenvalue weighted by Gasteiger charge is 2.30. The summed E-state index contributed by atoms with van der Waals surface area (Å²) in [4.78, 5) is 54.3. The van der Waals surface area contributed by atoms with Crippen molar-refractivity contribution in [2.75, 3.05) is 18.8 Å². The number of carboxylic acids is 1. The topological polar surface area (TPSA) is 261 Å². The molecule has 0 aliphatic carbocycles. The summed E-state index contributed by atoms with van der Waals surface area (Å²) in [5.74, 6) is -3.56. The van der Waals surface area contributed by atoms with Crippen molar-refractivity contribution in [3.63, 3.8) is 0 Å². The van der Waals surface area contributed by atoms with Crippen molar-refractivity contribution >= 4 is 42.3 Å². The van der Waals surface area contributed by atoms with Crippen LogP contribution in [0.2, 0.25) is 0 Å². The van der Waals surface area contributed by atoms with Crippen LogP contribution in [0.1, 0.15) is 37.7 Å². The zero-order valence-corrected chi connectivity index (χ0v) is 22.6. The second-order valence-corrected chi connectivity index (χ2v) is 9.28. The van der Waals surface area contributed by atoms with Gasteiger partial charge in [0, 0.05) is 18.7 Å². The van der Waals surface area contributed by atoms with Crippen LogP contribution in [-0.4, -0.2) is 82.9 Å². The molecule has 1 aromatic rings. The summed E-state index contributed by atoms with van der Waals surface area (Å²) >= 11 is 3.95. The number of carbonyl (C=O) groups is 4. The third-order valence-corrected chi connectivity index (χ3v) is 6.06. The lowest BCUT2D eigenvalue weighted by Crippen LogP contribution is -2.57. The highest BCUT2D eigenvalue weighted by atomic mass is 32.1. The third-order valence-electron chi connectivity index (χ3n) is 5.69. The molecule has 0 radical (unpaired) electrons. The molecule has 0 aliphatic rings. The smallest absolute Gasteiger partial charge is 0.327 e. The molecule has 3 amide bonds. The minimum absolute atomic E-state index is 0.0103. The van der Waals surface area contributed by atoms with E-state index in [9.17, 15) is 29.4 Å². The second kappa shape index (κ2) is 17.9. The van der Waals surface area contributed by atoms with E-state index < -0.39 is 47.9 Å². The molecule has 0 spiro atoms. The van der Waals surface area contributed by atoms with Crippen LogP contribution < -0.4 is 38.9 Å². The highest BCUT2D eigenvalue weighted by Crippen LogP contribution is 2.12. The summed E-state index contributed by atoms with van der Waals surface area (Å²) in [6.07, 6.45) is 2.14. The first-order valence-corrected chi connectivity index (χ1v) is 13.1. The number of phenols is 1. The summed E-state index contributed by atoms with van der Waals surface area (Å²) in [5.41, 5.74) is 22.7. The van der Waals surface area contributed by atoms with Crippen molar-refractivity contribution < 1.29 is 29.4 Å². The zero-order chi connectivity index (χ0) is 29.4. The summed E-state index contributed by atoms with van der Waals surface area (Å²) < 4.78 is 0. The fraction of sp³-hybridized carbons (Fsp3) is 0.542. The number of amides is 3. The Morgan fingerprint density at radius 2 is 1.46 bits per heavy atom. The normalized spacial score (nSPS) is 13.8. The molecule has 1 rings (SSSR count). The van der Waals surface area contributed by atoms with Gasteiger partial charge < -0.3 is 49.1 Å². The number of aromatic hydroxyl groups is 1. The molecular formula is C24H40N8O6S. The van der Waals surface area contributed by atoms with Gasteiger partial charge in [-0.25, -0.2) is 4.79 Å². The van der Waals surface area contributed by atoms with E-state index in [0.29, 0.717) is 37.8 Å². The van der Waals surface area contributed by atoms with Gasteiger partial charge in [-0.15, -0.1) is 0 Å². The van der Waals surface area contributed by atoms with Crippen molar-refractivity contribution in [2.24, 2.45) is 27.9 Å². The maximum absolute atomic E-state index is 13.3. The number of guanidine groups is 1. The molecule has 0 aromatic heterocycles. The fourth-order valence-electron chi connectivity index (χ4n) is 3.50. The van der Waals surface area contributed by atoms with Crippen LogP contribution in [0.25, 0.3) is 0 Å². The van der Waals surface area contributed by atoms with Crippen molar-refractivity contribution in [1.82, 2.24) is 16.0 Å². The van der Waals surface area contributed by atoms with Crippen molar-refractivity contribution in [3.8, 4) is 5.75 Å². The van der Waals surface area contributed by atoms with Gasteiger partial charge in [0.05, 0.1) is 6.04 Å². The zero-order valence-electron chi connectivity index (χ0n) is 21.7. The Hall–Kier alpha value is -3.56. The Labute approximate surface area is 232 Å². The molecule has 4 atom stereocenters. The Bertz CT molecular complexity index is 974. The number of nitrogens with zero attached hydrogens (tertiary/aromatic N) is 1. The number of carboxylic acid groups (broad SMARTS) is 1. The standard InChI is InChI=1S/C24H40N8O6S/c25-10-2-1-4-16(26)20(34)30-17(5-3-11-29-24(27)28)21(35)31-18(12-14-6-8-15(33)9-7-14)22(36)32-19(13-39)23(37)38/h6-9,16-19,33,39H,1-5,10-13,25-26H2,(H,30,34)(H,31,35)(H,32,36)(H,37,38)(H4,27,28,29).